The van der Waals surface area contributed by atoms with Crippen molar-refractivity contribution in [2.75, 3.05) is 0 Å². The minimum Gasteiger partial charge on any atom is -0.481 e. The van der Waals surface area contributed by atoms with Gasteiger partial charge in [-0.3, -0.25) is 9.59 Å². The molecule has 0 saturated carbocycles. The van der Waals surface area contributed by atoms with Gasteiger partial charge < -0.3 is 9.67 Å². The van der Waals surface area contributed by atoms with Crippen molar-refractivity contribution in [1.82, 2.24) is 4.57 Å². The maximum Gasteiger partial charge on any atom is 0.310 e. The maximum absolute atomic E-state index is 11.6. The van der Waals surface area contributed by atoms with Gasteiger partial charge in [0, 0.05) is 12.7 Å². The quantitative estimate of drug-likeness (QED) is 0.913. The fourth-order valence-electron chi connectivity index (χ4n) is 1.13. The van der Waals surface area contributed by atoms with Crippen LogP contribution in [0, 0.1) is 5.41 Å². The molecule has 0 fully saturated rings. The molecule has 0 amide bonds. The Balaban J connectivity index is 3.06. The second-order valence-corrected chi connectivity index (χ2v) is 4.83. The first kappa shape index (κ1) is 12.0. The molecular weight excluding hydrogens is 262 g/mol. The molecule has 1 aromatic rings. The highest BCUT2D eigenvalue weighted by Gasteiger charge is 2.27. The lowest BCUT2D eigenvalue weighted by Crippen LogP contribution is -2.33. The van der Waals surface area contributed by atoms with Gasteiger partial charge in [-0.25, -0.2) is 0 Å². The van der Waals surface area contributed by atoms with Gasteiger partial charge >= 0.3 is 5.97 Å². The maximum atomic E-state index is 11.6. The topological polar surface area (TPSA) is 59.3 Å². The Kier molecular flexibility index (Phi) is 3.34. The van der Waals surface area contributed by atoms with Crippen molar-refractivity contribution >= 4 is 21.9 Å². The molecule has 0 bridgehead atoms. The molecule has 0 aliphatic rings. The summed E-state index contributed by atoms with van der Waals surface area (Å²) >= 11 is 3.11. The summed E-state index contributed by atoms with van der Waals surface area (Å²) in [6.07, 6.45) is 1.58. The van der Waals surface area contributed by atoms with E-state index in [1.165, 1.54) is 4.57 Å². The summed E-state index contributed by atoms with van der Waals surface area (Å²) in [6, 6.07) is 3.33. The lowest BCUT2D eigenvalue weighted by atomic mass is 9.94. The zero-order valence-corrected chi connectivity index (χ0v) is 10.1. The number of carboxylic acid groups (broad SMARTS) is 1. The monoisotopic (exact) mass is 273 g/mol. The summed E-state index contributed by atoms with van der Waals surface area (Å²) in [5.41, 5.74) is -1.17. The SMILES string of the molecule is CC(C)(Cn1cccc(Br)c1=O)C(=O)O. The summed E-state index contributed by atoms with van der Waals surface area (Å²) in [6.45, 7) is 3.33. The van der Waals surface area contributed by atoms with Gasteiger partial charge in [0.05, 0.1) is 9.89 Å². The van der Waals surface area contributed by atoms with E-state index in [4.69, 9.17) is 5.11 Å². The smallest absolute Gasteiger partial charge is 0.310 e. The third-order valence-electron chi connectivity index (χ3n) is 2.12. The number of hydrogen-bond donors (Lipinski definition) is 1. The number of nitrogens with zero attached hydrogens (tertiary/aromatic N) is 1. The molecule has 0 radical (unpaired) electrons. The van der Waals surface area contributed by atoms with Gasteiger partial charge in [-0.2, -0.15) is 0 Å². The van der Waals surface area contributed by atoms with Gasteiger partial charge in [-0.1, -0.05) is 0 Å². The Labute approximate surface area is 95.7 Å². The first-order valence-electron chi connectivity index (χ1n) is 4.43. The van der Waals surface area contributed by atoms with E-state index in [9.17, 15) is 9.59 Å². The number of carbonyl (C=O) groups is 1. The summed E-state index contributed by atoms with van der Waals surface area (Å²) in [4.78, 5) is 22.5. The van der Waals surface area contributed by atoms with Crippen LogP contribution in [0.5, 0.6) is 0 Å². The number of aromatic nitrogens is 1. The first-order valence-corrected chi connectivity index (χ1v) is 5.22. The fraction of sp³-hybridized carbons (Fsp3) is 0.400. The minimum absolute atomic E-state index is 0.153. The van der Waals surface area contributed by atoms with Crippen LogP contribution in [0.2, 0.25) is 0 Å². The van der Waals surface area contributed by atoms with Crippen LogP contribution in [0.3, 0.4) is 0 Å². The Bertz CT molecular complexity index is 437. The summed E-state index contributed by atoms with van der Waals surface area (Å²) < 4.78 is 1.82. The lowest BCUT2D eigenvalue weighted by Gasteiger charge is -2.20. The van der Waals surface area contributed by atoms with Crippen LogP contribution in [0.15, 0.2) is 27.6 Å². The second kappa shape index (κ2) is 4.18. The molecule has 1 heterocycles. The predicted octanol–water partition coefficient (Wildman–Crippen LogP) is 1.72. The Hall–Kier alpha value is -1.10. The van der Waals surface area contributed by atoms with Crippen molar-refractivity contribution in [3.8, 4) is 0 Å². The zero-order chi connectivity index (χ0) is 11.6. The van der Waals surface area contributed by atoms with Gasteiger partial charge in [0.15, 0.2) is 0 Å². The fourth-order valence-corrected chi connectivity index (χ4v) is 1.51. The van der Waals surface area contributed by atoms with Gasteiger partial charge in [0.2, 0.25) is 0 Å². The molecule has 4 nitrogen and oxygen atoms in total. The molecule has 1 rings (SSSR count). The Morgan fingerprint density at radius 2 is 2.20 bits per heavy atom. The van der Waals surface area contributed by atoms with Crippen LogP contribution in [0.4, 0.5) is 0 Å². The summed E-state index contributed by atoms with van der Waals surface area (Å²) in [5.74, 6) is -0.922. The highest BCUT2D eigenvalue weighted by Crippen LogP contribution is 2.17. The number of aliphatic carboxylic acids is 1. The van der Waals surface area contributed by atoms with E-state index in [2.05, 4.69) is 15.9 Å². The van der Waals surface area contributed by atoms with Crippen LogP contribution in [-0.2, 0) is 11.3 Å². The van der Waals surface area contributed by atoms with Crippen molar-refractivity contribution in [3.05, 3.63) is 33.2 Å². The van der Waals surface area contributed by atoms with Crippen LogP contribution in [0.25, 0.3) is 0 Å². The Morgan fingerprint density at radius 1 is 1.60 bits per heavy atom. The lowest BCUT2D eigenvalue weighted by molar-refractivity contribution is -0.147. The predicted molar refractivity (Wildman–Crippen MR) is 59.8 cm³/mol. The average molecular weight is 274 g/mol. The standard InChI is InChI=1S/C10H12BrNO3/c1-10(2,9(14)15)6-12-5-3-4-7(11)8(12)13/h3-5H,6H2,1-2H3,(H,14,15). The van der Waals surface area contributed by atoms with Crippen LogP contribution in [0.1, 0.15) is 13.8 Å². The molecule has 0 aliphatic heterocycles. The molecular formula is C10H12BrNO3. The van der Waals surface area contributed by atoms with E-state index in [1.807, 2.05) is 0 Å². The minimum atomic E-state index is -0.954. The molecule has 0 saturated heterocycles. The van der Waals surface area contributed by atoms with E-state index in [1.54, 1.807) is 32.2 Å². The van der Waals surface area contributed by atoms with Crippen molar-refractivity contribution in [1.29, 1.82) is 0 Å². The van der Waals surface area contributed by atoms with E-state index in [0.29, 0.717) is 4.47 Å². The third kappa shape index (κ3) is 2.68. The van der Waals surface area contributed by atoms with Crippen molar-refractivity contribution in [3.63, 3.8) is 0 Å². The molecule has 15 heavy (non-hydrogen) atoms. The zero-order valence-electron chi connectivity index (χ0n) is 8.53. The number of halogens is 1. The molecule has 82 valence electrons. The molecule has 0 atom stereocenters. The normalized spacial score (nSPS) is 11.4. The van der Waals surface area contributed by atoms with E-state index in [-0.39, 0.29) is 12.1 Å². The van der Waals surface area contributed by atoms with Gasteiger partial charge in [-0.05, 0) is 41.9 Å². The molecule has 0 unspecified atom stereocenters. The van der Waals surface area contributed by atoms with Crippen LogP contribution in [-0.4, -0.2) is 15.6 Å². The number of rotatable bonds is 3. The first-order chi connectivity index (χ1) is 6.84. The average Bonchev–Trinajstić information content (AvgIpc) is 2.12. The van der Waals surface area contributed by atoms with Crippen LogP contribution >= 0.6 is 15.9 Å². The number of hydrogen-bond acceptors (Lipinski definition) is 2. The molecule has 0 aromatic carbocycles. The number of pyridine rings is 1. The van der Waals surface area contributed by atoms with E-state index >= 15 is 0 Å². The molecule has 1 N–H and O–H groups in total. The van der Waals surface area contributed by atoms with Crippen molar-refractivity contribution in [2.24, 2.45) is 5.41 Å². The summed E-state index contributed by atoms with van der Waals surface area (Å²) in [5, 5.41) is 8.94. The van der Waals surface area contributed by atoms with Crippen molar-refractivity contribution in [2.45, 2.75) is 20.4 Å². The molecule has 1 aromatic heterocycles. The van der Waals surface area contributed by atoms with E-state index in [0.717, 1.165) is 0 Å². The van der Waals surface area contributed by atoms with Gasteiger partial charge in [0.25, 0.3) is 5.56 Å². The van der Waals surface area contributed by atoms with E-state index < -0.39 is 11.4 Å². The highest BCUT2D eigenvalue weighted by molar-refractivity contribution is 9.10. The third-order valence-corrected chi connectivity index (χ3v) is 2.72. The highest BCUT2D eigenvalue weighted by atomic mass is 79.9. The van der Waals surface area contributed by atoms with Gasteiger partial charge in [0.1, 0.15) is 0 Å². The molecule has 0 spiro atoms. The van der Waals surface area contributed by atoms with Crippen molar-refractivity contribution < 1.29 is 9.90 Å². The molecule has 5 heteroatoms. The van der Waals surface area contributed by atoms with Crippen LogP contribution < -0.4 is 5.56 Å². The number of carboxylic acids is 1. The summed E-state index contributed by atoms with van der Waals surface area (Å²) in [7, 11) is 0. The largest absolute Gasteiger partial charge is 0.481 e. The molecule has 0 aliphatic carbocycles. The Morgan fingerprint density at radius 3 is 2.73 bits per heavy atom. The second-order valence-electron chi connectivity index (χ2n) is 3.98. The van der Waals surface area contributed by atoms with Gasteiger partial charge in [-0.15, -0.1) is 0 Å².